The van der Waals surface area contributed by atoms with E-state index in [1.165, 1.54) is 0 Å². The number of aryl methyl sites for hydroxylation is 3. The second-order valence-electron chi connectivity index (χ2n) is 9.68. The second kappa shape index (κ2) is 8.74. The molecule has 3 heterocycles. The number of amides is 2. The quantitative estimate of drug-likeness (QED) is 0.433. The monoisotopic (exact) mass is 501 g/mol. The van der Waals surface area contributed by atoms with E-state index in [1.54, 1.807) is 16.0 Å². The molecule has 0 radical (unpaired) electrons. The van der Waals surface area contributed by atoms with Gasteiger partial charge in [-0.3, -0.25) is 9.48 Å². The Labute approximate surface area is 212 Å². The van der Waals surface area contributed by atoms with Gasteiger partial charge in [0.15, 0.2) is 0 Å². The molecule has 9 heteroatoms. The van der Waals surface area contributed by atoms with Gasteiger partial charge in [-0.05, 0) is 49.8 Å². The highest BCUT2D eigenvalue weighted by molar-refractivity contribution is 7.15. The molecule has 3 atom stereocenters. The van der Waals surface area contributed by atoms with E-state index in [9.17, 15) is 9.59 Å². The fourth-order valence-electron chi connectivity index (χ4n) is 5.32. The Morgan fingerprint density at radius 1 is 1.17 bits per heavy atom. The zero-order valence-electron chi connectivity index (χ0n) is 20.4. The van der Waals surface area contributed by atoms with Crippen molar-refractivity contribution >= 4 is 34.2 Å². The minimum absolute atomic E-state index is 0.0704. The van der Waals surface area contributed by atoms with Gasteiger partial charge in [0.25, 0.3) is 11.8 Å². The number of piperidine rings is 1. The van der Waals surface area contributed by atoms with Gasteiger partial charge in [0.05, 0.1) is 26.8 Å². The molecule has 1 N–H and O–H groups in total. The first kappa shape index (κ1) is 22.7. The second-order valence-corrected chi connectivity index (χ2v) is 10.9. The molecule has 0 unspecified atom stereocenters. The van der Waals surface area contributed by atoms with E-state index in [0.717, 1.165) is 38.3 Å². The van der Waals surface area contributed by atoms with E-state index in [0.29, 0.717) is 30.6 Å². The number of benzene rings is 2. The van der Waals surface area contributed by atoms with Crippen LogP contribution in [-0.4, -0.2) is 50.8 Å². The molecule has 8 nitrogen and oxygen atoms in total. The van der Waals surface area contributed by atoms with Crippen LogP contribution in [0.15, 0.2) is 48.5 Å². The summed E-state index contributed by atoms with van der Waals surface area (Å²) >= 11 is 1.54. The lowest BCUT2D eigenvalue weighted by Gasteiger charge is -2.27. The first-order chi connectivity index (χ1) is 17.4. The zero-order valence-corrected chi connectivity index (χ0v) is 21.2. The lowest BCUT2D eigenvalue weighted by atomic mass is 10.1. The fourth-order valence-corrected chi connectivity index (χ4v) is 6.23. The van der Waals surface area contributed by atoms with Crippen LogP contribution in [0.1, 0.15) is 27.5 Å². The third kappa shape index (κ3) is 4.03. The van der Waals surface area contributed by atoms with Crippen molar-refractivity contribution in [2.24, 2.45) is 18.9 Å². The molecule has 2 aromatic carbocycles. The van der Waals surface area contributed by atoms with E-state index in [-0.39, 0.29) is 17.8 Å². The van der Waals surface area contributed by atoms with Crippen molar-refractivity contribution in [3.63, 3.8) is 0 Å². The number of nitrogens with zero attached hydrogens (tertiary/aromatic N) is 4. The number of ether oxygens (including phenoxy) is 1. The highest BCUT2D eigenvalue weighted by atomic mass is 32.1. The molecule has 2 aromatic heterocycles. The summed E-state index contributed by atoms with van der Waals surface area (Å²) in [5.41, 5.74) is 3.53. The van der Waals surface area contributed by atoms with Crippen molar-refractivity contribution in [2.45, 2.75) is 26.3 Å². The molecule has 0 bridgehead atoms. The Kier molecular flexibility index (Phi) is 5.52. The minimum atomic E-state index is -0.569. The minimum Gasteiger partial charge on any atom is -0.389 e. The SMILES string of the molecule is Cc1cccc(-c2sc(C)nc2C(=O)N2C[C@@H]3C[C@@H]3[C@H]2CNC(=O)Oc2nn(C)c3ccccc23)c1. The van der Waals surface area contributed by atoms with Crippen molar-refractivity contribution in [2.75, 3.05) is 13.1 Å². The summed E-state index contributed by atoms with van der Waals surface area (Å²) in [6, 6.07) is 15.7. The van der Waals surface area contributed by atoms with E-state index in [2.05, 4.69) is 21.5 Å². The summed E-state index contributed by atoms with van der Waals surface area (Å²) in [7, 11) is 1.81. The smallest absolute Gasteiger partial charge is 0.389 e. The van der Waals surface area contributed by atoms with Gasteiger partial charge < -0.3 is 15.0 Å². The van der Waals surface area contributed by atoms with Crippen molar-refractivity contribution in [3.8, 4) is 16.3 Å². The molecule has 2 fully saturated rings. The van der Waals surface area contributed by atoms with Gasteiger partial charge in [-0.25, -0.2) is 9.78 Å². The van der Waals surface area contributed by atoms with Crippen LogP contribution in [0.2, 0.25) is 0 Å². The molecule has 36 heavy (non-hydrogen) atoms. The molecule has 1 saturated carbocycles. The van der Waals surface area contributed by atoms with Gasteiger partial charge in [0, 0.05) is 20.1 Å². The van der Waals surface area contributed by atoms with Crippen molar-refractivity contribution < 1.29 is 14.3 Å². The van der Waals surface area contributed by atoms with E-state index >= 15 is 0 Å². The average molecular weight is 502 g/mol. The van der Waals surface area contributed by atoms with Gasteiger partial charge >= 0.3 is 6.09 Å². The molecule has 4 aromatic rings. The summed E-state index contributed by atoms with van der Waals surface area (Å²) < 4.78 is 7.22. The summed E-state index contributed by atoms with van der Waals surface area (Å²) in [5, 5.41) is 8.84. The maximum absolute atomic E-state index is 13.7. The largest absolute Gasteiger partial charge is 0.414 e. The maximum atomic E-state index is 13.7. The Balaban J connectivity index is 1.18. The Morgan fingerprint density at radius 2 is 2.00 bits per heavy atom. The van der Waals surface area contributed by atoms with Crippen molar-refractivity contribution in [1.29, 1.82) is 0 Å². The number of carbonyl (C=O) groups excluding carboxylic acids is 2. The van der Waals surface area contributed by atoms with Crippen LogP contribution in [0.25, 0.3) is 21.3 Å². The van der Waals surface area contributed by atoms with E-state index in [1.807, 2.05) is 68.3 Å². The summed E-state index contributed by atoms with van der Waals surface area (Å²) in [6.07, 6.45) is 0.511. The van der Waals surface area contributed by atoms with Crippen LogP contribution >= 0.6 is 11.3 Å². The molecule has 184 valence electrons. The normalized spacial score (nSPS) is 20.4. The Morgan fingerprint density at radius 3 is 2.83 bits per heavy atom. The number of nitrogens with one attached hydrogen (secondary N) is 1. The predicted molar refractivity (Wildman–Crippen MR) is 138 cm³/mol. The lowest BCUT2D eigenvalue weighted by molar-refractivity contribution is 0.0700. The first-order valence-electron chi connectivity index (χ1n) is 12.1. The maximum Gasteiger partial charge on any atom is 0.414 e. The number of likely N-dealkylation sites (tertiary alicyclic amines) is 1. The molecule has 2 amide bonds. The highest BCUT2D eigenvalue weighted by Crippen LogP contribution is 2.50. The predicted octanol–water partition coefficient (Wildman–Crippen LogP) is 4.56. The topological polar surface area (TPSA) is 89.3 Å². The number of carbonyl (C=O) groups is 2. The van der Waals surface area contributed by atoms with Crippen molar-refractivity contribution in [1.82, 2.24) is 25.0 Å². The third-order valence-corrected chi connectivity index (χ3v) is 8.17. The van der Waals surface area contributed by atoms with Gasteiger partial charge in [0.1, 0.15) is 5.69 Å². The Bertz CT molecular complexity index is 1490. The fraction of sp³-hybridized carbons (Fsp3) is 0.333. The standard InChI is InChI=1S/C27H27N5O3S/c1-15-7-6-8-17(11-15)24-23(29-16(2)36-24)26(33)32-14-18-12-20(18)22(32)13-28-27(34)35-25-19-9-4-5-10-21(19)31(3)30-25/h4-11,18,20,22H,12-14H2,1-3H3,(H,28,34)/t18-,20-,22+/m0/s1. The van der Waals surface area contributed by atoms with Gasteiger partial charge in [0.2, 0.25) is 0 Å². The molecule has 2 aliphatic rings. The lowest BCUT2D eigenvalue weighted by Crippen LogP contribution is -2.46. The van der Waals surface area contributed by atoms with E-state index in [4.69, 9.17) is 4.74 Å². The zero-order chi connectivity index (χ0) is 25.0. The number of aromatic nitrogens is 3. The van der Waals surface area contributed by atoms with Crippen LogP contribution in [0.3, 0.4) is 0 Å². The Hall–Kier alpha value is -3.72. The molecular formula is C27H27N5O3S. The molecular weight excluding hydrogens is 474 g/mol. The molecule has 6 rings (SSSR count). The number of rotatable bonds is 5. The molecule has 1 aliphatic heterocycles. The molecule has 1 aliphatic carbocycles. The van der Waals surface area contributed by atoms with Gasteiger partial charge in [-0.15, -0.1) is 16.4 Å². The van der Waals surface area contributed by atoms with Crippen LogP contribution < -0.4 is 10.1 Å². The summed E-state index contributed by atoms with van der Waals surface area (Å²) in [5.74, 6) is 1.08. The van der Waals surface area contributed by atoms with Crippen LogP contribution in [0.4, 0.5) is 4.79 Å². The van der Waals surface area contributed by atoms with Crippen molar-refractivity contribution in [3.05, 3.63) is 64.8 Å². The number of hydrogen-bond donors (Lipinski definition) is 1. The van der Waals surface area contributed by atoms with Crippen LogP contribution in [-0.2, 0) is 7.05 Å². The first-order valence-corrected chi connectivity index (χ1v) is 12.9. The number of para-hydroxylation sites is 1. The van der Waals surface area contributed by atoms with Crippen LogP contribution in [0, 0.1) is 25.7 Å². The van der Waals surface area contributed by atoms with Gasteiger partial charge in [-0.2, -0.15) is 0 Å². The van der Waals surface area contributed by atoms with Gasteiger partial charge in [-0.1, -0.05) is 42.0 Å². The third-order valence-electron chi connectivity index (χ3n) is 7.15. The highest BCUT2D eigenvalue weighted by Gasteiger charge is 2.54. The van der Waals surface area contributed by atoms with E-state index < -0.39 is 6.09 Å². The average Bonchev–Trinajstić information content (AvgIpc) is 3.21. The molecule has 1 saturated heterocycles. The number of fused-ring (bicyclic) bond motifs is 2. The number of thiazole rings is 1. The summed E-state index contributed by atoms with van der Waals surface area (Å²) in [6.45, 7) is 5.00. The number of hydrogen-bond acceptors (Lipinski definition) is 6. The molecule has 0 spiro atoms. The summed E-state index contributed by atoms with van der Waals surface area (Å²) in [4.78, 5) is 33.8. The van der Waals surface area contributed by atoms with Crippen LogP contribution in [0.5, 0.6) is 5.88 Å².